The minimum Gasteiger partial charge on any atom is -0.444 e. The number of aliphatic hydroxyl groups is 1. The predicted octanol–water partition coefficient (Wildman–Crippen LogP) is 1.26. The van der Waals surface area contributed by atoms with E-state index in [4.69, 9.17) is 4.74 Å². The first-order chi connectivity index (χ1) is 8.18. The molecule has 0 heterocycles. The van der Waals surface area contributed by atoms with Crippen molar-refractivity contribution in [2.24, 2.45) is 5.92 Å². The maximum absolute atomic E-state index is 11.8. The van der Waals surface area contributed by atoms with Crippen LogP contribution in [0.3, 0.4) is 0 Å². The molecular formula is C13H26N2O3. The molecule has 0 bridgehead atoms. The van der Waals surface area contributed by atoms with Crippen LogP contribution in [-0.2, 0) is 4.74 Å². The number of hydrogen-bond donors (Lipinski definition) is 3. The van der Waals surface area contributed by atoms with Crippen LogP contribution < -0.4 is 10.6 Å². The molecule has 0 spiro atoms. The summed E-state index contributed by atoms with van der Waals surface area (Å²) < 4.78 is 5.25. The summed E-state index contributed by atoms with van der Waals surface area (Å²) in [5, 5.41) is 15.4. The summed E-state index contributed by atoms with van der Waals surface area (Å²) in [5.41, 5.74) is -0.846. The van der Waals surface area contributed by atoms with E-state index >= 15 is 0 Å². The van der Waals surface area contributed by atoms with Crippen LogP contribution >= 0.6 is 0 Å². The summed E-state index contributed by atoms with van der Waals surface area (Å²) in [6.45, 7) is 10.4. The van der Waals surface area contributed by atoms with E-state index < -0.39 is 11.7 Å². The van der Waals surface area contributed by atoms with Crippen LogP contribution in [0.5, 0.6) is 0 Å². The van der Waals surface area contributed by atoms with Crippen molar-refractivity contribution < 1.29 is 14.6 Å². The van der Waals surface area contributed by atoms with Crippen LogP contribution in [0.2, 0.25) is 0 Å². The van der Waals surface area contributed by atoms with Gasteiger partial charge < -0.3 is 20.5 Å². The Morgan fingerprint density at radius 2 is 2.11 bits per heavy atom. The minimum absolute atomic E-state index is 0.0928. The molecule has 1 fully saturated rings. The van der Waals surface area contributed by atoms with E-state index in [0.29, 0.717) is 12.6 Å². The highest BCUT2D eigenvalue weighted by atomic mass is 16.6. The molecule has 2 atom stereocenters. The second kappa shape index (κ2) is 5.45. The van der Waals surface area contributed by atoms with Crippen LogP contribution in [0.25, 0.3) is 0 Å². The molecule has 1 saturated carbocycles. The van der Waals surface area contributed by atoms with Gasteiger partial charge in [-0.1, -0.05) is 13.8 Å². The van der Waals surface area contributed by atoms with Gasteiger partial charge in [0, 0.05) is 25.1 Å². The average Bonchev–Trinajstić information content (AvgIpc) is 2.86. The number of hydrogen-bond acceptors (Lipinski definition) is 4. The highest BCUT2D eigenvalue weighted by molar-refractivity contribution is 5.69. The molecule has 0 saturated heterocycles. The Hall–Kier alpha value is -0.810. The highest BCUT2D eigenvalue weighted by Gasteiger charge is 2.55. The normalized spacial score (nSPS) is 27.2. The molecule has 5 nitrogen and oxygen atoms in total. The maximum Gasteiger partial charge on any atom is 0.408 e. The third-order valence-electron chi connectivity index (χ3n) is 3.03. The van der Waals surface area contributed by atoms with Crippen molar-refractivity contribution in [1.82, 2.24) is 10.6 Å². The van der Waals surface area contributed by atoms with E-state index in [0.717, 1.165) is 6.42 Å². The lowest BCUT2D eigenvalue weighted by Crippen LogP contribution is -2.49. The second-order valence-electron chi connectivity index (χ2n) is 6.40. The Kier molecular flexibility index (Phi) is 4.61. The van der Waals surface area contributed by atoms with Crippen molar-refractivity contribution in [2.75, 3.05) is 13.2 Å². The summed E-state index contributed by atoms with van der Waals surface area (Å²) in [6, 6.07) is 0.349. The summed E-state index contributed by atoms with van der Waals surface area (Å²) in [5.74, 6) is 0.122. The average molecular weight is 258 g/mol. The first-order valence-corrected chi connectivity index (χ1v) is 6.54. The molecule has 3 N–H and O–H groups in total. The van der Waals surface area contributed by atoms with E-state index in [1.165, 1.54) is 0 Å². The van der Waals surface area contributed by atoms with E-state index in [9.17, 15) is 9.90 Å². The SMILES string of the molecule is CC(C)NC[C@@]1(NC(=O)OC(C)(C)C)C[C@H]1CO. The smallest absolute Gasteiger partial charge is 0.408 e. The van der Waals surface area contributed by atoms with Crippen LogP contribution in [0.1, 0.15) is 41.0 Å². The van der Waals surface area contributed by atoms with Gasteiger partial charge in [0.15, 0.2) is 0 Å². The quantitative estimate of drug-likeness (QED) is 0.694. The molecule has 1 rings (SSSR count). The standard InChI is InChI=1S/C13H26N2O3/c1-9(2)14-8-13(6-10(13)7-16)15-11(17)18-12(3,4)5/h9-10,14,16H,6-8H2,1-5H3,(H,15,17)/t10-,13-/m0/s1. The fourth-order valence-electron chi connectivity index (χ4n) is 1.93. The van der Waals surface area contributed by atoms with Gasteiger partial charge in [0.05, 0.1) is 5.54 Å². The number of rotatable bonds is 5. The monoisotopic (exact) mass is 258 g/mol. The Balaban J connectivity index is 2.51. The summed E-state index contributed by atoms with van der Waals surface area (Å²) in [6.07, 6.45) is 0.381. The van der Waals surface area contributed by atoms with Gasteiger partial charge in [-0.2, -0.15) is 0 Å². The highest BCUT2D eigenvalue weighted by Crippen LogP contribution is 2.42. The van der Waals surface area contributed by atoms with Gasteiger partial charge in [-0.3, -0.25) is 0 Å². The molecular weight excluding hydrogens is 232 g/mol. The number of nitrogens with one attached hydrogen (secondary N) is 2. The lowest BCUT2D eigenvalue weighted by molar-refractivity contribution is 0.0486. The largest absolute Gasteiger partial charge is 0.444 e. The Morgan fingerprint density at radius 1 is 1.50 bits per heavy atom. The molecule has 0 aliphatic heterocycles. The van der Waals surface area contributed by atoms with Crippen molar-refractivity contribution in [3.05, 3.63) is 0 Å². The van der Waals surface area contributed by atoms with Gasteiger partial charge in [-0.25, -0.2) is 4.79 Å². The van der Waals surface area contributed by atoms with Gasteiger partial charge in [0.25, 0.3) is 0 Å². The van der Waals surface area contributed by atoms with E-state index in [-0.39, 0.29) is 18.1 Å². The molecule has 1 aliphatic rings. The van der Waals surface area contributed by atoms with Gasteiger partial charge in [0.2, 0.25) is 0 Å². The zero-order valence-electron chi connectivity index (χ0n) is 12.0. The van der Waals surface area contributed by atoms with Gasteiger partial charge >= 0.3 is 6.09 Å². The number of carbonyl (C=O) groups is 1. The number of ether oxygens (including phenoxy) is 1. The van der Waals surface area contributed by atoms with Crippen LogP contribution in [0, 0.1) is 5.92 Å². The zero-order chi connectivity index (χ0) is 14.0. The van der Waals surface area contributed by atoms with Gasteiger partial charge in [-0.05, 0) is 27.2 Å². The fraction of sp³-hybridized carbons (Fsp3) is 0.923. The summed E-state index contributed by atoms with van der Waals surface area (Å²) in [7, 11) is 0. The first kappa shape index (κ1) is 15.2. The predicted molar refractivity (Wildman–Crippen MR) is 70.4 cm³/mol. The number of amides is 1. The topological polar surface area (TPSA) is 70.6 Å². The van der Waals surface area contributed by atoms with Crippen molar-refractivity contribution in [2.45, 2.75) is 58.2 Å². The summed E-state index contributed by atoms with van der Waals surface area (Å²) in [4.78, 5) is 11.8. The molecule has 18 heavy (non-hydrogen) atoms. The van der Waals surface area contributed by atoms with Crippen molar-refractivity contribution >= 4 is 6.09 Å². The van der Waals surface area contributed by atoms with Crippen LogP contribution in [-0.4, -0.2) is 41.5 Å². The second-order valence-corrected chi connectivity index (χ2v) is 6.40. The Labute approximate surface area is 109 Å². The summed E-state index contributed by atoms with van der Waals surface area (Å²) >= 11 is 0. The first-order valence-electron chi connectivity index (χ1n) is 6.54. The lowest BCUT2D eigenvalue weighted by Gasteiger charge is -2.25. The van der Waals surface area contributed by atoms with Crippen molar-refractivity contribution in [3.8, 4) is 0 Å². The van der Waals surface area contributed by atoms with E-state index in [2.05, 4.69) is 24.5 Å². The van der Waals surface area contributed by atoms with Gasteiger partial charge in [0.1, 0.15) is 5.60 Å². The molecule has 0 unspecified atom stereocenters. The van der Waals surface area contributed by atoms with Crippen LogP contribution in [0.4, 0.5) is 4.79 Å². The van der Waals surface area contributed by atoms with E-state index in [1.807, 2.05) is 20.8 Å². The Bertz CT molecular complexity index is 299. The number of aliphatic hydroxyl groups excluding tert-OH is 1. The van der Waals surface area contributed by atoms with E-state index in [1.54, 1.807) is 0 Å². The third kappa shape index (κ3) is 4.46. The van der Waals surface area contributed by atoms with Crippen LogP contribution in [0.15, 0.2) is 0 Å². The number of alkyl carbamates (subject to hydrolysis) is 1. The molecule has 0 aromatic rings. The minimum atomic E-state index is -0.500. The molecule has 0 aromatic heterocycles. The molecule has 0 aromatic carbocycles. The van der Waals surface area contributed by atoms with Gasteiger partial charge in [-0.15, -0.1) is 0 Å². The lowest BCUT2D eigenvalue weighted by atomic mass is 10.2. The van der Waals surface area contributed by atoms with Crippen molar-refractivity contribution in [1.29, 1.82) is 0 Å². The molecule has 1 amide bonds. The molecule has 0 radical (unpaired) electrons. The third-order valence-corrected chi connectivity index (χ3v) is 3.03. The fourth-order valence-corrected chi connectivity index (χ4v) is 1.93. The Morgan fingerprint density at radius 3 is 2.50 bits per heavy atom. The zero-order valence-corrected chi connectivity index (χ0v) is 12.0. The van der Waals surface area contributed by atoms with Crippen molar-refractivity contribution in [3.63, 3.8) is 0 Å². The molecule has 1 aliphatic carbocycles. The molecule has 106 valence electrons. The molecule has 5 heteroatoms. The number of carbonyl (C=O) groups excluding carboxylic acids is 1. The maximum atomic E-state index is 11.8.